The van der Waals surface area contributed by atoms with E-state index in [1.165, 1.54) is 0 Å². The Hall–Kier alpha value is -1.07. The molecule has 1 aliphatic heterocycles. The smallest absolute Gasteiger partial charge is 0.303 e. The van der Waals surface area contributed by atoms with Gasteiger partial charge in [-0.15, -0.1) is 0 Å². The number of aliphatic carboxylic acids is 1. The molecule has 2 rings (SSSR count). The summed E-state index contributed by atoms with van der Waals surface area (Å²) in [6, 6.07) is 2.14. The van der Waals surface area contributed by atoms with Gasteiger partial charge in [0.1, 0.15) is 0 Å². The van der Waals surface area contributed by atoms with Crippen LogP contribution in [0.4, 0.5) is 5.69 Å². The van der Waals surface area contributed by atoms with Crippen molar-refractivity contribution in [3.8, 4) is 0 Å². The van der Waals surface area contributed by atoms with Crippen LogP contribution in [0.2, 0.25) is 0 Å². The van der Waals surface area contributed by atoms with Gasteiger partial charge >= 0.3 is 5.97 Å². The minimum absolute atomic E-state index is 0.0815. The summed E-state index contributed by atoms with van der Waals surface area (Å²) < 4.78 is 0. The molecule has 5 heteroatoms. The second kappa shape index (κ2) is 4.84. The number of nitrogens with zero attached hydrogens (tertiary/aromatic N) is 1. The molecule has 0 spiro atoms. The molecule has 3 N–H and O–H groups in total. The fourth-order valence-corrected chi connectivity index (χ4v) is 2.95. The van der Waals surface area contributed by atoms with Crippen LogP contribution in [0, 0.1) is 5.92 Å². The highest BCUT2D eigenvalue weighted by molar-refractivity contribution is 7.08. The third-order valence-corrected chi connectivity index (χ3v) is 3.57. The summed E-state index contributed by atoms with van der Waals surface area (Å²) in [7, 11) is 0. The SMILES string of the molecule is NC1CC(CC(=O)O)CN(c2ccsc2)C1. The Morgan fingerprint density at radius 3 is 3.06 bits per heavy atom. The lowest BCUT2D eigenvalue weighted by atomic mass is 9.92. The normalized spacial score (nSPS) is 25.7. The number of nitrogens with two attached hydrogens (primary N) is 1. The Morgan fingerprint density at radius 2 is 2.44 bits per heavy atom. The monoisotopic (exact) mass is 240 g/mol. The first kappa shape index (κ1) is 11.4. The first-order chi connectivity index (χ1) is 7.65. The molecule has 0 saturated carbocycles. The zero-order chi connectivity index (χ0) is 11.5. The number of hydrogen-bond acceptors (Lipinski definition) is 4. The number of hydrogen-bond donors (Lipinski definition) is 2. The number of thiophene rings is 1. The zero-order valence-corrected chi connectivity index (χ0v) is 9.82. The van der Waals surface area contributed by atoms with Crippen molar-refractivity contribution in [1.82, 2.24) is 0 Å². The Labute approximate surface area is 98.7 Å². The van der Waals surface area contributed by atoms with Gasteiger partial charge in [-0.1, -0.05) is 0 Å². The van der Waals surface area contributed by atoms with Crippen LogP contribution in [-0.4, -0.2) is 30.2 Å². The lowest BCUT2D eigenvalue weighted by Gasteiger charge is -2.36. The molecular formula is C11H16N2O2S. The molecular weight excluding hydrogens is 224 g/mol. The maximum absolute atomic E-state index is 10.7. The van der Waals surface area contributed by atoms with E-state index in [1.807, 2.05) is 5.38 Å². The number of carboxylic acids is 1. The van der Waals surface area contributed by atoms with Crippen molar-refractivity contribution in [2.45, 2.75) is 18.9 Å². The van der Waals surface area contributed by atoms with E-state index in [4.69, 9.17) is 10.8 Å². The van der Waals surface area contributed by atoms with Crippen LogP contribution in [0.25, 0.3) is 0 Å². The Kier molecular flexibility index (Phi) is 3.46. The highest BCUT2D eigenvalue weighted by Gasteiger charge is 2.26. The van der Waals surface area contributed by atoms with Crippen molar-refractivity contribution in [3.63, 3.8) is 0 Å². The molecule has 2 atom stereocenters. The Morgan fingerprint density at radius 1 is 1.62 bits per heavy atom. The molecule has 4 nitrogen and oxygen atoms in total. The molecule has 1 fully saturated rings. The van der Waals surface area contributed by atoms with Gasteiger partial charge in [-0.2, -0.15) is 11.3 Å². The van der Waals surface area contributed by atoms with Crippen LogP contribution in [-0.2, 0) is 4.79 Å². The van der Waals surface area contributed by atoms with Crippen molar-refractivity contribution in [2.24, 2.45) is 11.7 Å². The van der Waals surface area contributed by atoms with Gasteiger partial charge in [0.15, 0.2) is 0 Å². The van der Waals surface area contributed by atoms with Gasteiger partial charge in [-0.05, 0) is 23.8 Å². The lowest BCUT2D eigenvalue weighted by molar-refractivity contribution is -0.138. The first-order valence-corrected chi connectivity index (χ1v) is 6.34. The largest absolute Gasteiger partial charge is 0.481 e. The summed E-state index contributed by atoms with van der Waals surface area (Å²) in [6.07, 6.45) is 1.03. The van der Waals surface area contributed by atoms with Gasteiger partial charge in [0, 0.05) is 36.6 Å². The molecule has 0 amide bonds. The lowest BCUT2D eigenvalue weighted by Crippen LogP contribution is -2.47. The quantitative estimate of drug-likeness (QED) is 0.837. The van der Waals surface area contributed by atoms with E-state index in [1.54, 1.807) is 11.3 Å². The van der Waals surface area contributed by atoms with E-state index in [9.17, 15) is 4.79 Å². The van der Waals surface area contributed by atoms with Crippen molar-refractivity contribution in [3.05, 3.63) is 16.8 Å². The van der Waals surface area contributed by atoms with Gasteiger partial charge in [0.25, 0.3) is 0 Å². The first-order valence-electron chi connectivity index (χ1n) is 5.39. The highest BCUT2D eigenvalue weighted by Crippen LogP contribution is 2.26. The van der Waals surface area contributed by atoms with E-state index in [-0.39, 0.29) is 18.4 Å². The highest BCUT2D eigenvalue weighted by atomic mass is 32.1. The van der Waals surface area contributed by atoms with E-state index >= 15 is 0 Å². The van der Waals surface area contributed by atoms with Gasteiger partial charge in [0.2, 0.25) is 0 Å². The van der Waals surface area contributed by atoms with Crippen LogP contribution in [0.3, 0.4) is 0 Å². The van der Waals surface area contributed by atoms with E-state index in [0.717, 1.165) is 25.2 Å². The van der Waals surface area contributed by atoms with Crippen LogP contribution in [0.15, 0.2) is 16.8 Å². The van der Waals surface area contributed by atoms with E-state index < -0.39 is 5.97 Å². The predicted molar refractivity (Wildman–Crippen MR) is 64.9 cm³/mol. The third-order valence-electron chi connectivity index (χ3n) is 2.90. The van der Waals surface area contributed by atoms with Crippen molar-refractivity contribution in [1.29, 1.82) is 0 Å². The molecule has 1 aromatic heterocycles. The Bertz CT molecular complexity index is 353. The zero-order valence-electron chi connectivity index (χ0n) is 9.00. The maximum Gasteiger partial charge on any atom is 0.303 e. The van der Waals surface area contributed by atoms with Gasteiger partial charge < -0.3 is 15.7 Å². The number of rotatable bonds is 3. The average molecular weight is 240 g/mol. The summed E-state index contributed by atoms with van der Waals surface area (Å²) in [6.45, 7) is 1.63. The standard InChI is InChI=1S/C11H16N2O2S/c12-9-3-8(4-11(14)15)5-13(6-9)10-1-2-16-7-10/h1-2,7-9H,3-6,12H2,(H,14,15). The summed E-state index contributed by atoms with van der Waals surface area (Å²) in [5.41, 5.74) is 7.13. The molecule has 1 saturated heterocycles. The topological polar surface area (TPSA) is 66.6 Å². The maximum atomic E-state index is 10.7. The number of anilines is 1. The van der Waals surface area contributed by atoms with Crippen LogP contribution < -0.4 is 10.6 Å². The molecule has 2 unspecified atom stereocenters. The van der Waals surface area contributed by atoms with Gasteiger partial charge in [0.05, 0.1) is 0 Å². The fraction of sp³-hybridized carbons (Fsp3) is 0.545. The molecule has 0 radical (unpaired) electrons. The molecule has 0 aromatic carbocycles. The summed E-state index contributed by atoms with van der Waals surface area (Å²) >= 11 is 1.65. The second-order valence-corrected chi connectivity index (χ2v) is 5.13. The molecule has 88 valence electrons. The molecule has 1 aromatic rings. The molecule has 16 heavy (non-hydrogen) atoms. The predicted octanol–water partition coefficient (Wildman–Crippen LogP) is 1.38. The third kappa shape index (κ3) is 2.74. The van der Waals surface area contributed by atoms with Crippen LogP contribution in [0.1, 0.15) is 12.8 Å². The number of carbonyl (C=O) groups is 1. The minimum atomic E-state index is -0.732. The van der Waals surface area contributed by atoms with Gasteiger partial charge in [-0.25, -0.2) is 0 Å². The van der Waals surface area contributed by atoms with Crippen LogP contribution >= 0.6 is 11.3 Å². The molecule has 1 aliphatic rings. The summed E-state index contributed by atoms with van der Waals surface area (Å²) in [5, 5.41) is 12.9. The van der Waals surface area contributed by atoms with E-state index in [2.05, 4.69) is 16.3 Å². The van der Waals surface area contributed by atoms with E-state index in [0.29, 0.717) is 0 Å². The van der Waals surface area contributed by atoms with Gasteiger partial charge in [-0.3, -0.25) is 4.79 Å². The van der Waals surface area contributed by atoms with Crippen molar-refractivity contribution in [2.75, 3.05) is 18.0 Å². The van der Waals surface area contributed by atoms with Crippen molar-refractivity contribution < 1.29 is 9.90 Å². The summed E-state index contributed by atoms with van der Waals surface area (Å²) in [5.74, 6) is -0.564. The Balaban J connectivity index is 2.02. The minimum Gasteiger partial charge on any atom is -0.481 e. The van der Waals surface area contributed by atoms with Crippen LogP contribution in [0.5, 0.6) is 0 Å². The van der Waals surface area contributed by atoms with Crippen molar-refractivity contribution >= 4 is 23.0 Å². The number of carboxylic acid groups (broad SMARTS) is 1. The summed E-state index contributed by atoms with van der Waals surface area (Å²) in [4.78, 5) is 12.9. The average Bonchev–Trinajstić information content (AvgIpc) is 2.67. The molecule has 0 bridgehead atoms. The molecule has 0 aliphatic carbocycles. The second-order valence-electron chi connectivity index (χ2n) is 4.35. The fourth-order valence-electron chi connectivity index (χ4n) is 2.29. The molecule has 2 heterocycles. The number of piperidine rings is 1.